The molecule has 0 amide bonds. The molecule has 23 heavy (non-hydrogen) atoms. The molecule has 1 aliphatic carbocycles. The Morgan fingerprint density at radius 2 is 1.87 bits per heavy atom. The minimum atomic E-state index is -0.445. The van der Waals surface area contributed by atoms with E-state index in [9.17, 15) is 5.11 Å². The fourth-order valence-corrected chi connectivity index (χ4v) is 3.64. The average molecular weight is 315 g/mol. The molecular weight excluding hydrogens is 290 g/mol. The molecule has 2 aliphatic rings. The van der Waals surface area contributed by atoms with Gasteiger partial charge in [0, 0.05) is 5.69 Å². The predicted molar refractivity (Wildman–Crippen MR) is 93.7 cm³/mol. The standard InChI is InChI=1S/C17H25N5O/c1-11(2)13-10-12(6-7-14(13)23)22-16(19)20-15(18)21-17(22)8-4-3-5-9-17/h6-7,10-11,23H,3-5,8-9H2,1-2H3,(H4,18,19,20,21). The van der Waals surface area contributed by atoms with Crippen molar-refractivity contribution in [2.75, 3.05) is 4.90 Å². The fraction of sp³-hybridized carbons (Fsp3) is 0.529. The van der Waals surface area contributed by atoms with Crippen molar-refractivity contribution in [2.24, 2.45) is 21.5 Å². The van der Waals surface area contributed by atoms with E-state index in [0.29, 0.717) is 11.7 Å². The highest BCUT2D eigenvalue weighted by Crippen LogP contribution is 2.41. The van der Waals surface area contributed by atoms with Crippen LogP contribution in [0.3, 0.4) is 0 Å². The lowest BCUT2D eigenvalue weighted by Gasteiger charge is -2.45. The van der Waals surface area contributed by atoms with Crippen LogP contribution < -0.4 is 16.4 Å². The number of phenolic OH excluding ortho intramolecular Hbond substituents is 1. The van der Waals surface area contributed by atoms with Crippen LogP contribution in [0, 0.1) is 0 Å². The Morgan fingerprint density at radius 1 is 1.17 bits per heavy atom. The maximum Gasteiger partial charge on any atom is 0.220 e. The molecule has 0 aromatic heterocycles. The van der Waals surface area contributed by atoms with Gasteiger partial charge in [0.2, 0.25) is 11.9 Å². The van der Waals surface area contributed by atoms with Gasteiger partial charge >= 0.3 is 0 Å². The summed E-state index contributed by atoms with van der Waals surface area (Å²) in [6, 6.07) is 5.57. The minimum Gasteiger partial charge on any atom is -0.508 e. The molecule has 1 aromatic rings. The van der Waals surface area contributed by atoms with Crippen molar-refractivity contribution in [2.45, 2.75) is 57.5 Å². The number of benzene rings is 1. The van der Waals surface area contributed by atoms with Crippen molar-refractivity contribution in [1.82, 2.24) is 0 Å². The highest BCUT2D eigenvalue weighted by molar-refractivity contribution is 6.05. The number of phenols is 1. The van der Waals surface area contributed by atoms with Crippen LogP contribution in [0.5, 0.6) is 5.75 Å². The topological polar surface area (TPSA) is 100 Å². The number of rotatable bonds is 2. The molecule has 1 spiro atoms. The number of anilines is 1. The van der Waals surface area contributed by atoms with Crippen molar-refractivity contribution >= 4 is 17.6 Å². The van der Waals surface area contributed by atoms with E-state index in [4.69, 9.17) is 11.5 Å². The Hall–Kier alpha value is -2.24. The number of nitrogens with zero attached hydrogens (tertiary/aromatic N) is 3. The lowest BCUT2D eigenvalue weighted by atomic mass is 9.87. The van der Waals surface area contributed by atoms with Crippen LogP contribution in [0.15, 0.2) is 28.2 Å². The quantitative estimate of drug-likeness (QED) is 0.781. The van der Waals surface area contributed by atoms with Gasteiger partial charge in [-0.2, -0.15) is 4.99 Å². The number of aliphatic imine (C=N–C) groups is 2. The number of nitrogens with two attached hydrogens (primary N) is 2. The first-order valence-corrected chi connectivity index (χ1v) is 8.25. The molecule has 0 bridgehead atoms. The maximum absolute atomic E-state index is 10.1. The van der Waals surface area contributed by atoms with Crippen LogP contribution in [0.25, 0.3) is 0 Å². The molecular formula is C17H25N5O. The van der Waals surface area contributed by atoms with Gasteiger partial charge in [0.15, 0.2) is 0 Å². The van der Waals surface area contributed by atoms with Crippen LogP contribution in [-0.4, -0.2) is 22.7 Å². The molecule has 124 valence electrons. The van der Waals surface area contributed by atoms with Gasteiger partial charge in [0.05, 0.1) is 0 Å². The molecule has 0 saturated heterocycles. The van der Waals surface area contributed by atoms with E-state index in [0.717, 1.165) is 36.9 Å². The fourth-order valence-electron chi connectivity index (χ4n) is 3.64. The molecule has 0 unspecified atom stereocenters. The molecule has 1 saturated carbocycles. The molecule has 0 atom stereocenters. The average Bonchev–Trinajstić information content (AvgIpc) is 2.48. The SMILES string of the molecule is CC(C)c1cc(N2C(N)=NC(N)=NC23CCCCC3)ccc1O. The third-order valence-corrected chi connectivity index (χ3v) is 4.74. The van der Waals surface area contributed by atoms with Gasteiger partial charge in [0.1, 0.15) is 11.4 Å². The second kappa shape index (κ2) is 5.76. The van der Waals surface area contributed by atoms with E-state index in [1.54, 1.807) is 6.07 Å². The summed E-state index contributed by atoms with van der Waals surface area (Å²) >= 11 is 0. The Morgan fingerprint density at radius 3 is 2.52 bits per heavy atom. The Labute approximate surface area is 136 Å². The van der Waals surface area contributed by atoms with Crippen LogP contribution >= 0.6 is 0 Å². The van der Waals surface area contributed by atoms with Gasteiger partial charge in [-0.1, -0.05) is 20.3 Å². The summed E-state index contributed by atoms with van der Waals surface area (Å²) in [5, 5.41) is 10.1. The Balaban J connectivity index is 2.09. The molecule has 1 heterocycles. The summed E-state index contributed by atoms with van der Waals surface area (Å²) in [7, 11) is 0. The van der Waals surface area contributed by atoms with Crippen LogP contribution in [0.4, 0.5) is 5.69 Å². The summed E-state index contributed by atoms with van der Waals surface area (Å²) in [6.45, 7) is 4.11. The lowest BCUT2D eigenvalue weighted by molar-refractivity contribution is 0.305. The maximum atomic E-state index is 10.1. The normalized spacial score (nSPS) is 20.6. The van der Waals surface area contributed by atoms with Crippen LogP contribution in [0.1, 0.15) is 57.4 Å². The number of hydrogen-bond acceptors (Lipinski definition) is 6. The second-order valence-electron chi connectivity index (χ2n) is 6.72. The van der Waals surface area contributed by atoms with Gasteiger partial charge in [-0.25, -0.2) is 4.99 Å². The summed E-state index contributed by atoms with van der Waals surface area (Å²) in [5.74, 6) is 1.15. The van der Waals surface area contributed by atoms with Gasteiger partial charge in [0.25, 0.3) is 0 Å². The zero-order valence-electron chi connectivity index (χ0n) is 13.8. The van der Waals surface area contributed by atoms with E-state index in [1.165, 1.54) is 6.42 Å². The van der Waals surface area contributed by atoms with Crippen LogP contribution in [0.2, 0.25) is 0 Å². The first-order valence-electron chi connectivity index (χ1n) is 8.25. The lowest BCUT2D eigenvalue weighted by Crippen LogP contribution is -2.58. The second-order valence-corrected chi connectivity index (χ2v) is 6.72. The zero-order valence-corrected chi connectivity index (χ0v) is 13.8. The molecule has 6 heteroatoms. The van der Waals surface area contributed by atoms with E-state index in [-0.39, 0.29) is 11.9 Å². The zero-order chi connectivity index (χ0) is 16.6. The third-order valence-electron chi connectivity index (χ3n) is 4.74. The van der Waals surface area contributed by atoms with Crippen molar-refractivity contribution in [3.05, 3.63) is 23.8 Å². The van der Waals surface area contributed by atoms with Crippen molar-refractivity contribution in [1.29, 1.82) is 0 Å². The van der Waals surface area contributed by atoms with Crippen LogP contribution in [-0.2, 0) is 0 Å². The number of aromatic hydroxyl groups is 1. The molecule has 1 aromatic carbocycles. The van der Waals surface area contributed by atoms with Crippen molar-refractivity contribution in [3.8, 4) is 5.75 Å². The van der Waals surface area contributed by atoms with E-state index in [2.05, 4.69) is 23.8 Å². The van der Waals surface area contributed by atoms with Gasteiger partial charge in [-0.05, 0) is 55.4 Å². The number of guanidine groups is 2. The Bertz CT molecular complexity index is 659. The van der Waals surface area contributed by atoms with E-state index in [1.807, 2.05) is 17.0 Å². The number of hydrogen-bond donors (Lipinski definition) is 3. The first-order chi connectivity index (χ1) is 10.9. The first kappa shape index (κ1) is 15.6. The smallest absolute Gasteiger partial charge is 0.220 e. The summed E-state index contributed by atoms with van der Waals surface area (Å²) in [6.07, 6.45) is 5.20. The largest absolute Gasteiger partial charge is 0.508 e. The summed E-state index contributed by atoms with van der Waals surface area (Å²) < 4.78 is 0. The van der Waals surface area contributed by atoms with Crippen molar-refractivity contribution < 1.29 is 5.11 Å². The highest BCUT2D eigenvalue weighted by atomic mass is 16.3. The minimum absolute atomic E-state index is 0.216. The molecule has 6 nitrogen and oxygen atoms in total. The summed E-state index contributed by atoms with van der Waals surface area (Å²) in [4.78, 5) is 10.8. The van der Waals surface area contributed by atoms with E-state index < -0.39 is 5.66 Å². The Kier molecular flexibility index (Phi) is 3.92. The van der Waals surface area contributed by atoms with Gasteiger partial charge < -0.3 is 16.6 Å². The molecule has 1 fully saturated rings. The monoisotopic (exact) mass is 315 g/mol. The van der Waals surface area contributed by atoms with Gasteiger partial charge in [-0.15, -0.1) is 0 Å². The molecule has 5 N–H and O–H groups in total. The van der Waals surface area contributed by atoms with Gasteiger partial charge in [-0.3, -0.25) is 4.90 Å². The highest BCUT2D eigenvalue weighted by Gasteiger charge is 2.42. The van der Waals surface area contributed by atoms with Crippen molar-refractivity contribution in [3.63, 3.8) is 0 Å². The predicted octanol–water partition coefficient (Wildman–Crippen LogP) is 2.63. The molecule has 0 radical (unpaired) electrons. The molecule has 1 aliphatic heterocycles. The third kappa shape index (κ3) is 2.73. The van der Waals surface area contributed by atoms with E-state index >= 15 is 0 Å². The molecule has 3 rings (SSSR count). The summed E-state index contributed by atoms with van der Waals surface area (Å²) in [5.41, 5.74) is 13.5.